The first-order valence-electron chi connectivity index (χ1n) is 4.57. The van der Waals surface area contributed by atoms with Crippen LogP contribution in [-0.2, 0) is 6.54 Å². The summed E-state index contributed by atoms with van der Waals surface area (Å²) in [5.74, 6) is -0.719. The van der Waals surface area contributed by atoms with Crippen molar-refractivity contribution in [1.29, 1.82) is 0 Å². The largest absolute Gasteiger partial charge is 0.478 e. The number of thiophene rings is 1. The SMILES string of the molecule is O=C(O)c1ccnnc1NCc1ccsc1. The maximum Gasteiger partial charge on any atom is 0.339 e. The van der Waals surface area contributed by atoms with Gasteiger partial charge in [-0.25, -0.2) is 4.79 Å². The van der Waals surface area contributed by atoms with Crippen LogP contribution in [0.4, 0.5) is 5.82 Å². The van der Waals surface area contributed by atoms with Gasteiger partial charge in [-0.1, -0.05) is 0 Å². The Hall–Kier alpha value is -1.95. The second kappa shape index (κ2) is 4.71. The van der Waals surface area contributed by atoms with Crippen LogP contribution in [0.15, 0.2) is 29.1 Å². The molecule has 0 spiro atoms. The minimum Gasteiger partial charge on any atom is -0.478 e. The molecular formula is C10H9N3O2S. The van der Waals surface area contributed by atoms with Crippen molar-refractivity contribution in [3.05, 3.63) is 40.2 Å². The fraction of sp³-hybridized carbons (Fsp3) is 0.100. The molecule has 0 fully saturated rings. The van der Waals surface area contributed by atoms with E-state index in [-0.39, 0.29) is 5.56 Å². The van der Waals surface area contributed by atoms with Crippen LogP contribution in [0.5, 0.6) is 0 Å². The topological polar surface area (TPSA) is 75.1 Å². The molecule has 0 radical (unpaired) electrons. The summed E-state index contributed by atoms with van der Waals surface area (Å²) in [5, 5.41) is 23.2. The predicted octanol–water partition coefficient (Wildman–Crippen LogP) is 1.85. The van der Waals surface area contributed by atoms with Gasteiger partial charge in [0.25, 0.3) is 0 Å². The summed E-state index contributed by atoms with van der Waals surface area (Å²) in [6.45, 7) is 0.544. The molecule has 0 unspecified atom stereocenters. The third-order valence-electron chi connectivity index (χ3n) is 1.99. The zero-order valence-electron chi connectivity index (χ0n) is 8.25. The van der Waals surface area contributed by atoms with Gasteiger partial charge in [-0.15, -0.1) is 5.10 Å². The lowest BCUT2D eigenvalue weighted by Crippen LogP contribution is -2.08. The van der Waals surface area contributed by atoms with Crippen LogP contribution in [0.2, 0.25) is 0 Å². The summed E-state index contributed by atoms with van der Waals surface area (Å²) in [4.78, 5) is 10.9. The number of aromatic carboxylic acids is 1. The number of carbonyl (C=O) groups is 1. The van der Waals surface area contributed by atoms with Crippen molar-refractivity contribution in [3.8, 4) is 0 Å². The molecule has 16 heavy (non-hydrogen) atoms. The smallest absolute Gasteiger partial charge is 0.339 e. The molecule has 0 atom stereocenters. The predicted molar refractivity (Wildman–Crippen MR) is 60.6 cm³/mol. The lowest BCUT2D eigenvalue weighted by Gasteiger charge is -2.05. The van der Waals surface area contributed by atoms with E-state index >= 15 is 0 Å². The maximum absolute atomic E-state index is 10.9. The molecule has 0 aromatic carbocycles. The Morgan fingerprint density at radius 2 is 2.38 bits per heavy atom. The first kappa shape index (κ1) is 10.6. The van der Waals surface area contributed by atoms with E-state index < -0.39 is 5.97 Å². The number of hydrogen-bond donors (Lipinski definition) is 2. The van der Waals surface area contributed by atoms with E-state index in [0.717, 1.165) is 5.56 Å². The molecule has 5 nitrogen and oxygen atoms in total. The standard InChI is InChI=1S/C10H9N3O2S/c14-10(15)8-1-3-12-13-9(8)11-5-7-2-4-16-6-7/h1-4,6H,5H2,(H,11,13)(H,14,15). The van der Waals surface area contributed by atoms with Crippen LogP contribution in [-0.4, -0.2) is 21.3 Å². The molecule has 0 saturated carbocycles. The first-order valence-corrected chi connectivity index (χ1v) is 5.51. The Morgan fingerprint density at radius 3 is 3.06 bits per heavy atom. The Kier molecular flexibility index (Phi) is 3.11. The van der Waals surface area contributed by atoms with Crippen LogP contribution in [0.1, 0.15) is 15.9 Å². The Labute approximate surface area is 95.8 Å². The maximum atomic E-state index is 10.9. The highest BCUT2D eigenvalue weighted by Gasteiger charge is 2.10. The second-order valence-corrected chi connectivity index (χ2v) is 3.86. The molecule has 0 amide bonds. The van der Waals surface area contributed by atoms with E-state index in [0.29, 0.717) is 12.4 Å². The quantitative estimate of drug-likeness (QED) is 0.845. The van der Waals surface area contributed by atoms with Gasteiger partial charge in [-0.3, -0.25) is 0 Å². The fourth-order valence-electron chi connectivity index (χ4n) is 1.21. The summed E-state index contributed by atoms with van der Waals surface area (Å²) in [6, 6.07) is 3.39. The van der Waals surface area contributed by atoms with Crippen LogP contribution >= 0.6 is 11.3 Å². The molecule has 0 aliphatic rings. The highest BCUT2D eigenvalue weighted by molar-refractivity contribution is 7.07. The molecule has 82 valence electrons. The number of rotatable bonds is 4. The molecule has 0 bridgehead atoms. The molecular weight excluding hydrogens is 226 g/mol. The Morgan fingerprint density at radius 1 is 1.50 bits per heavy atom. The van der Waals surface area contributed by atoms with Crippen molar-refractivity contribution in [2.45, 2.75) is 6.54 Å². The molecule has 2 aromatic rings. The average Bonchev–Trinajstić information content (AvgIpc) is 2.79. The molecule has 2 N–H and O–H groups in total. The van der Waals surface area contributed by atoms with E-state index in [1.807, 2.05) is 16.8 Å². The zero-order chi connectivity index (χ0) is 11.4. The van der Waals surface area contributed by atoms with Crippen molar-refractivity contribution < 1.29 is 9.90 Å². The van der Waals surface area contributed by atoms with Crippen molar-refractivity contribution in [1.82, 2.24) is 10.2 Å². The summed E-state index contributed by atoms with van der Waals surface area (Å²) in [6.07, 6.45) is 1.36. The van der Waals surface area contributed by atoms with Gasteiger partial charge in [0.15, 0.2) is 5.82 Å². The first-order chi connectivity index (χ1) is 7.77. The monoisotopic (exact) mass is 235 g/mol. The van der Waals surface area contributed by atoms with Crippen LogP contribution < -0.4 is 5.32 Å². The third-order valence-corrected chi connectivity index (χ3v) is 2.72. The third kappa shape index (κ3) is 2.34. The lowest BCUT2D eigenvalue weighted by molar-refractivity contribution is 0.0697. The van der Waals surface area contributed by atoms with Gasteiger partial charge >= 0.3 is 5.97 Å². The van der Waals surface area contributed by atoms with E-state index in [2.05, 4.69) is 15.5 Å². The number of carboxylic acids is 1. The normalized spacial score (nSPS) is 10.0. The van der Waals surface area contributed by atoms with Crippen LogP contribution in [0.3, 0.4) is 0 Å². The second-order valence-electron chi connectivity index (χ2n) is 3.08. The molecule has 0 aliphatic carbocycles. The van der Waals surface area contributed by atoms with Crippen LogP contribution in [0, 0.1) is 0 Å². The van der Waals surface area contributed by atoms with Crippen molar-refractivity contribution in [2.24, 2.45) is 0 Å². The van der Waals surface area contributed by atoms with Gasteiger partial charge in [-0.2, -0.15) is 16.4 Å². The number of nitrogens with one attached hydrogen (secondary N) is 1. The molecule has 0 aliphatic heterocycles. The van der Waals surface area contributed by atoms with E-state index in [1.54, 1.807) is 11.3 Å². The van der Waals surface area contributed by atoms with Gasteiger partial charge in [0.1, 0.15) is 5.56 Å². The van der Waals surface area contributed by atoms with Gasteiger partial charge in [0, 0.05) is 6.54 Å². The summed E-state index contributed by atoms with van der Waals surface area (Å²) in [5.41, 5.74) is 1.22. The zero-order valence-corrected chi connectivity index (χ0v) is 9.07. The highest BCUT2D eigenvalue weighted by Crippen LogP contribution is 2.13. The molecule has 6 heteroatoms. The van der Waals surface area contributed by atoms with Gasteiger partial charge in [0.2, 0.25) is 0 Å². The van der Waals surface area contributed by atoms with E-state index in [9.17, 15) is 4.79 Å². The van der Waals surface area contributed by atoms with Crippen molar-refractivity contribution in [3.63, 3.8) is 0 Å². The number of carboxylic acid groups (broad SMARTS) is 1. The molecule has 2 aromatic heterocycles. The lowest BCUT2D eigenvalue weighted by atomic mass is 10.2. The van der Waals surface area contributed by atoms with Crippen LogP contribution in [0.25, 0.3) is 0 Å². The molecule has 2 heterocycles. The number of nitrogens with zero attached hydrogens (tertiary/aromatic N) is 2. The average molecular weight is 235 g/mol. The van der Waals surface area contributed by atoms with E-state index in [1.165, 1.54) is 12.3 Å². The Balaban J connectivity index is 2.12. The molecule has 0 saturated heterocycles. The van der Waals surface area contributed by atoms with Crippen molar-refractivity contribution >= 4 is 23.1 Å². The van der Waals surface area contributed by atoms with Crippen molar-refractivity contribution in [2.75, 3.05) is 5.32 Å². The molecule has 2 rings (SSSR count). The number of hydrogen-bond acceptors (Lipinski definition) is 5. The summed E-state index contributed by atoms with van der Waals surface area (Å²) >= 11 is 1.59. The number of anilines is 1. The van der Waals surface area contributed by atoms with Gasteiger partial charge in [-0.05, 0) is 28.5 Å². The minimum absolute atomic E-state index is 0.130. The minimum atomic E-state index is -1.01. The Bertz CT molecular complexity index is 485. The fourth-order valence-corrected chi connectivity index (χ4v) is 1.88. The van der Waals surface area contributed by atoms with E-state index in [4.69, 9.17) is 5.11 Å². The summed E-state index contributed by atoms with van der Waals surface area (Å²) in [7, 11) is 0. The van der Waals surface area contributed by atoms with Gasteiger partial charge in [0.05, 0.1) is 6.20 Å². The number of aromatic nitrogens is 2. The van der Waals surface area contributed by atoms with Gasteiger partial charge < -0.3 is 10.4 Å². The summed E-state index contributed by atoms with van der Waals surface area (Å²) < 4.78 is 0. The highest BCUT2D eigenvalue weighted by atomic mass is 32.1.